The molecule has 1 unspecified atom stereocenters. The smallest absolute Gasteiger partial charge is 0.369 e. The van der Waals surface area contributed by atoms with Gasteiger partial charge in [0, 0.05) is 6.61 Å². The van der Waals surface area contributed by atoms with Crippen molar-refractivity contribution >= 4 is 0 Å². The third-order valence-corrected chi connectivity index (χ3v) is 2.61. The summed E-state index contributed by atoms with van der Waals surface area (Å²) in [4.78, 5) is 0. The van der Waals surface area contributed by atoms with Crippen LogP contribution in [0.4, 0.5) is 13.2 Å². The van der Waals surface area contributed by atoms with E-state index in [-0.39, 0.29) is 19.6 Å². The van der Waals surface area contributed by atoms with Gasteiger partial charge in [0.25, 0.3) is 0 Å². The largest absolute Gasteiger partial charge is 0.414 e. The molecule has 0 aromatic heterocycles. The Kier molecular flexibility index (Phi) is 9.55. The first-order chi connectivity index (χ1) is 8.02. The standard InChI is InChI=1S/C12H24F3NO/c1-2-3-4-5-6-7-10-17-11(8-9-16)12(13,14)15/h11H,2-10,16H2,1H3. The Morgan fingerprint density at radius 2 is 1.65 bits per heavy atom. The second-order valence-electron chi connectivity index (χ2n) is 4.25. The van der Waals surface area contributed by atoms with Gasteiger partial charge in [0.2, 0.25) is 0 Å². The Balaban J connectivity index is 3.55. The van der Waals surface area contributed by atoms with E-state index in [1.807, 2.05) is 0 Å². The molecule has 0 saturated heterocycles. The summed E-state index contributed by atoms with van der Waals surface area (Å²) in [5, 5.41) is 0. The first-order valence-electron chi connectivity index (χ1n) is 6.40. The number of hydrogen-bond donors (Lipinski definition) is 1. The highest BCUT2D eigenvalue weighted by molar-refractivity contribution is 4.68. The molecule has 0 aliphatic carbocycles. The second kappa shape index (κ2) is 9.71. The fraction of sp³-hybridized carbons (Fsp3) is 1.00. The summed E-state index contributed by atoms with van der Waals surface area (Å²) in [6.07, 6.45) is 0.0903. The van der Waals surface area contributed by atoms with Crippen molar-refractivity contribution in [2.75, 3.05) is 13.2 Å². The maximum Gasteiger partial charge on any atom is 0.414 e. The van der Waals surface area contributed by atoms with E-state index in [9.17, 15) is 13.2 Å². The van der Waals surface area contributed by atoms with Crippen molar-refractivity contribution in [3.8, 4) is 0 Å². The number of alkyl halides is 3. The minimum atomic E-state index is -4.29. The summed E-state index contributed by atoms with van der Waals surface area (Å²) in [7, 11) is 0. The van der Waals surface area contributed by atoms with Crippen LogP contribution in [0.5, 0.6) is 0 Å². The molecule has 2 nitrogen and oxygen atoms in total. The zero-order valence-corrected chi connectivity index (χ0v) is 10.6. The summed E-state index contributed by atoms with van der Waals surface area (Å²) in [6, 6.07) is 0. The van der Waals surface area contributed by atoms with Crippen LogP contribution in [0.3, 0.4) is 0 Å². The summed E-state index contributed by atoms with van der Waals surface area (Å²) in [5.41, 5.74) is 5.13. The average Bonchev–Trinajstić information content (AvgIpc) is 2.25. The van der Waals surface area contributed by atoms with Gasteiger partial charge in [-0.25, -0.2) is 0 Å². The van der Waals surface area contributed by atoms with Gasteiger partial charge in [0.05, 0.1) is 0 Å². The van der Waals surface area contributed by atoms with E-state index in [1.54, 1.807) is 0 Å². The molecule has 0 aromatic carbocycles. The number of rotatable bonds is 10. The summed E-state index contributed by atoms with van der Waals surface area (Å²) >= 11 is 0. The molecule has 0 bridgehead atoms. The first kappa shape index (κ1) is 16.7. The van der Waals surface area contributed by atoms with Crippen LogP contribution in [0.1, 0.15) is 51.9 Å². The van der Waals surface area contributed by atoms with E-state index in [0.29, 0.717) is 6.42 Å². The summed E-state index contributed by atoms with van der Waals surface area (Å²) < 4.78 is 42.1. The molecule has 0 rings (SSSR count). The third-order valence-electron chi connectivity index (χ3n) is 2.61. The van der Waals surface area contributed by atoms with Gasteiger partial charge in [-0.2, -0.15) is 13.2 Å². The highest BCUT2D eigenvalue weighted by atomic mass is 19.4. The van der Waals surface area contributed by atoms with E-state index >= 15 is 0 Å². The normalized spacial score (nSPS) is 13.9. The molecule has 0 aliphatic heterocycles. The van der Waals surface area contributed by atoms with Crippen molar-refractivity contribution in [2.24, 2.45) is 5.73 Å². The lowest BCUT2D eigenvalue weighted by atomic mass is 10.1. The Morgan fingerprint density at radius 3 is 2.18 bits per heavy atom. The number of unbranched alkanes of at least 4 members (excludes halogenated alkanes) is 5. The molecule has 0 aliphatic rings. The molecule has 2 N–H and O–H groups in total. The quantitative estimate of drug-likeness (QED) is 0.605. The average molecular weight is 255 g/mol. The Labute approximate surface area is 102 Å². The van der Waals surface area contributed by atoms with Crippen molar-refractivity contribution in [3.63, 3.8) is 0 Å². The van der Waals surface area contributed by atoms with Gasteiger partial charge in [0.1, 0.15) is 0 Å². The van der Waals surface area contributed by atoms with Gasteiger partial charge in [0.15, 0.2) is 6.10 Å². The molecule has 0 amide bonds. The number of halogens is 3. The summed E-state index contributed by atoms with van der Waals surface area (Å²) in [5.74, 6) is 0. The topological polar surface area (TPSA) is 35.2 Å². The first-order valence-corrected chi connectivity index (χ1v) is 6.40. The molecule has 0 radical (unpaired) electrons. The molecule has 1 atom stereocenters. The molecule has 104 valence electrons. The summed E-state index contributed by atoms with van der Waals surface area (Å²) in [6.45, 7) is 2.31. The van der Waals surface area contributed by atoms with Gasteiger partial charge in [-0.3, -0.25) is 0 Å². The molecule has 0 heterocycles. The van der Waals surface area contributed by atoms with Crippen LogP contribution in [0, 0.1) is 0 Å². The number of hydrogen-bond acceptors (Lipinski definition) is 2. The van der Waals surface area contributed by atoms with Crippen molar-refractivity contribution in [2.45, 2.75) is 64.1 Å². The lowest BCUT2D eigenvalue weighted by Gasteiger charge is -2.20. The van der Waals surface area contributed by atoms with Crippen molar-refractivity contribution in [1.29, 1.82) is 0 Å². The van der Waals surface area contributed by atoms with E-state index in [2.05, 4.69) is 6.92 Å². The SMILES string of the molecule is CCCCCCCCOC(CCN)C(F)(F)F. The van der Waals surface area contributed by atoms with Gasteiger partial charge >= 0.3 is 6.18 Å². The van der Waals surface area contributed by atoms with E-state index in [1.165, 1.54) is 12.8 Å². The van der Waals surface area contributed by atoms with Gasteiger partial charge < -0.3 is 10.5 Å². The molecular weight excluding hydrogens is 231 g/mol. The van der Waals surface area contributed by atoms with Crippen molar-refractivity contribution in [3.05, 3.63) is 0 Å². The van der Waals surface area contributed by atoms with Gasteiger partial charge in [-0.1, -0.05) is 39.0 Å². The maximum atomic E-state index is 12.4. The molecule has 5 heteroatoms. The molecule has 17 heavy (non-hydrogen) atoms. The lowest BCUT2D eigenvalue weighted by molar-refractivity contribution is -0.221. The zero-order chi connectivity index (χ0) is 13.1. The molecule has 0 spiro atoms. The van der Waals surface area contributed by atoms with Crippen LogP contribution < -0.4 is 5.73 Å². The van der Waals surface area contributed by atoms with E-state index < -0.39 is 12.3 Å². The lowest BCUT2D eigenvalue weighted by Crippen LogP contribution is -2.34. The zero-order valence-electron chi connectivity index (χ0n) is 10.6. The maximum absolute atomic E-state index is 12.4. The van der Waals surface area contributed by atoms with Crippen LogP contribution in [-0.4, -0.2) is 25.4 Å². The number of ether oxygens (including phenoxy) is 1. The fourth-order valence-corrected chi connectivity index (χ4v) is 1.60. The minimum Gasteiger partial charge on any atom is -0.369 e. The third kappa shape index (κ3) is 9.41. The van der Waals surface area contributed by atoms with Gasteiger partial charge in [-0.05, 0) is 19.4 Å². The highest BCUT2D eigenvalue weighted by Gasteiger charge is 2.39. The van der Waals surface area contributed by atoms with Crippen LogP contribution in [0.15, 0.2) is 0 Å². The predicted octanol–water partition coefficient (Wildman–Crippen LogP) is 3.64. The van der Waals surface area contributed by atoms with E-state index in [0.717, 1.165) is 19.3 Å². The monoisotopic (exact) mass is 255 g/mol. The number of nitrogens with two attached hydrogens (primary N) is 1. The molecular formula is C12H24F3NO. The van der Waals surface area contributed by atoms with E-state index in [4.69, 9.17) is 10.5 Å². The minimum absolute atomic E-state index is 0.000671. The predicted molar refractivity (Wildman–Crippen MR) is 62.8 cm³/mol. The molecule has 0 fully saturated rings. The van der Waals surface area contributed by atoms with Crippen LogP contribution in [0.25, 0.3) is 0 Å². The second-order valence-corrected chi connectivity index (χ2v) is 4.25. The Bertz CT molecular complexity index is 174. The highest BCUT2D eigenvalue weighted by Crippen LogP contribution is 2.25. The van der Waals surface area contributed by atoms with Crippen LogP contribution in [0.2, 0.25) is 0 Å². The molecule has 0 aromatic rings. The molecule has 0 saturated carbocycles. The van der Waals surface area contributed by atoms with Crippen molar-refractivity contribution in [1.82, 2.24) is 0 Å². The van der Waals surface area contributed by atoms with Crippen LogP contribution >= 0.6 is 0 Å². The Hall–Kier alpha value is -0.290. The van der Waals surface area contributed by atoms with Crippen LogP contribution in [-0.2, 0) is 4.74 Å². The fourth-order valence-electron chi connectivity index (χ4n) is 1.60. The Morgan fingerprint density at radius 1 is 1.06 bits per heavy atom. The van der Waals surface area contributed by atoms with Crippen molar-refractivity contribution < 1.29 is 17.9 Å². The van der Waals surface area contributed by atoms with Gasteiger partial charge in [-0.15, -0.1) is 0 Å².